The van der Waals surface area contributed by atoms with Crippen LogP contribution in [-0.2, 0) is 0 Å². The van der Waals surface area contributed by atoms with Gasteiger partial charge in [-0.05, 0) is 0 Å². The average Bonchev–Trinajstić information content (AvgIpc) is 2.39. The van der Waals surface area contributed by atoms with E-state index >= 15 is 0 Å². The first-order valence-electron chi connectivity index (χ1n) is 3.48. The normalized spacial score (nSPS) is 42.3. The molecule has 2 rings (SSSR count). The summed E-state index contributed by atoms with van der Waals surface area (Å²) in [6, 6.07) is 0. The third kappa shape index (κ3) is 1.56. The molecule has 1 heterocycles. The van der Waals surface area contributed by atoms with E-state index in [4.69, 9.17) is 0 Å². The van der Waals surface area contributed by atoms with Gasteiger partial charge < -0.3 is 35.9 Å². The Morgan fingerprint density at radius 2 is 2.10 bits per heavy atom. The molecule has 0 aromatic heterocycles. The van der Waals surface area contributed by atoms with E-state index in [1.165, 1.54) is 25.9 Å². The van der Waals surface area contributed by atoms with E-state index in [2.05, 4.69) is 11.1 Å². The minimum atomic E-state index is 0. The lowest BCUT2D eigenvalue weighted by Gasteiger charge is -2.11. The van der Waals surface area contributed by atoms with Crippen LogP contribution in [0.25, 0.3) is 0 Å². The Bertz CT molecular complexity index is 118. The van der Waals surface area contributed by atoms with Crippen LogP contribution in [0, 0.1) is 5.92 Å². The largest absolute Gasteiger partial charge is 1.00 e. The number of halogens is 2. The van der Waals surface area contributed by atoms with Gasteiger partial charge in [-0.1, -0.05) is 0 Å². The molecule has 1 saturated carbocycles. The summed E-state index contributed by atoms with van der Waals surface area (Å²) in [4.78, 5) is 0. The fraction of sp³-hybridized carbons (Fsp3) is 1.00. The molecule has 2 atom stereocenters. The molecule has 0 amide bonds. The summed E-state index contributed by atoms with van der Waals surface area (Å²) in [7, 11) is 0. The Morgan fingerprint density at radius 3 is 2.50 bits per heavy atom. The zero-order valence-electron chi connectivity index (χ0n) is 5.95. The zero-order valence-corrected chi connectivity index (χ0v) is 7.46. The molecule has 1 saturated heterocycles. The van der Waals surface area contributed by atoms with Crippen molar-refractivity contribution in [2.24, 2.45) is 5.92 Å². The van der Waals surface area contributed by atoms with Crippen molar-refractivity contribution in [3.05, 3.63) is 0 Å². The van der Waals surface area contributed by atoms with Crippen molar-refractivity contribution in [2.45, 2.75) is 18.4 Å². The number of nitrogens with two attached hydrogens (primary N) is 1. The molecule has 0 bridgehead atoms. The Hall–Kier alpha value is 0.500. The highest BCUT2D eigenvalue weighted by atomic mass is 35.5. The highest BCUT2D eigenvalue weighted by Gasteiger charge is 2.58. The highest BCUT2D eigenvalue weighted by molar-refractivity contribution is 5.02. The van der Waals surface area contributed by atoms with Gasteiger partial charge in [-0.2, -0.15) is 0 Å². The minimum absolute atomic E-state index is 0. The van der Waals surface area contributed by atoms with E-state index in [0.717, 1.165) is 5.92 Å². The third-order valence-electron chi connectivity index (χ3n) is 2.63. The van der Waals surface area contributed by atoms with Crippen LogP contribution in [0.1, 0.15) is 12.8 Å². The number of quaternary nitrogens is 2. The van der Waals surface area contributed by atoms with Crippen molar-refractivity contribution >= 4 is 0 Å². The second-order valence-corrected chi connectivity index (χ2v) is 3.33. The summed E-state index contributed by atoms with van der Waals surface area (Å²) in [5.41, 5.74) is 4.71. The Balaban J connectivity index is 0.000000405. The van der Waals surface area contributed by atoms with Gasteiger partial charge in [0.25, 0.3) is 0 Å². The van der Waals surface area contributed by atoms with Gasteiger partial charge in [-0.15, -0.1) is 0 Å². The molecule has 10 heavy (non-hydrogen) atoms. The summed E-state index contributed by atoms with van der Waals surface area (Å²) in [5, 5.41) is 2.40. The van der Waals surface area contributed by atoms with Crippen LogP contribution in [0.3, 0.4) is 0 Å². The summed E-state index contributed by atoms with van der Waals surface area (Å²) in [6.45, 7) is 2.64. The SMILES string of the molecule is [Cl-].[Cl-].[NH3+][C@@]12C[NH2+]CC[C@@H]1C2. The van der Waals surface area contributed by atoms with E-state index in [1.807, 2.05) is 0 Å². The van der Waals surface area contributed by atoms with Crippen LogP contribution >= 0.6 is 0 Å². The van der Waals surface area contributed by atoms with Crippen LogP contribution in [0.5, 0.6) is 0 Å². The van der Waals surface area contributed by atoms with Crippen molar-refractivity contribution < 1.29 is 35.9 Å². The monoisotopic (exact) mass is 184 g/mol. The molecule has 5 N–H and O–H groups in total. The third-order valence-corrected chi connectivity index (χ3v) is 2.63. The lowest BCUT2D eigenvalue weighted by Crippen LogP contribution is -3.00. The number of hydrogen-bond acceptors (Lipinski definition) is 0. The molecule has 1 aliphatic carbocycles. The second kappa shape index (κ2) is 3.26. The van der Waals surface area contributed by atoms with Gasteiger partial charge in [-0.3, -0.25) is 0 Å². The van der Waals surface area contributed by atoms with Gasteiger partial charge in [0, 0.05) is 18.8 Å². The summed E-state index contributed by atoms with van der Waals surface area (Å²) >= 11 is 0. The first kappa shape index (κ1) is 10.5. The quantitative estimate of drug-likeness (QED) is 0.376. The number of fused-ring (bicyclic) bond motifs is 1. The number of hydrogen-bond donors (Lipinski definition) is 2. The molecule has 1 aliphatic heterocycles. The molecule has 0 radical (unpaired) electrons. The van der Waals surface area contributed by atoms with Crippen LogP contribution in [0.15, 0.2) is 0 Å². The Labute approximate surface area is 73.7 Å². The summed E-state index contributed by atoms with van der Waals surface area (Å²) in [5.74, 6) is 1.01. The standard InChI is InChI=1S/C6H12N2.2ClH/c7-6-3-5(6)1-2-8-4-6;;/h5,8H,1-4,7H2;2*1H/t5-,6+;;/m1../s1. The van der Waals surface area contributed by atoms with E-state index in [0.29, 0.717) is 5.54 Å². The molecule has 62 valence electrons. The Morgan fingerprint density at radius 1 is 1.40 bits per heavy atom. The Kier molecular flexibility index (Phi) is 3.43. The van der Waals surface area contributed by atoms with Crippen molar-refractivity contribution in [3.8, 4) is 0 Å². The maximum absolute atomic E-state index is 4.17. The minimum Gasteiger partial charge on any atom is -1.00 e. The molecule has 0 aromatic rings. The summed E-state index contributed by atoms with van der Waals surface area (Å²) in [6.07, 6.45) is 2.83. The van der Waals surface area contributed by atoms with Crippen molar-refractivity contribution in [1.82, 2.24) is 0 Å². The van der Waals surface area contributed by atoms with E-state index < -0.39 is 0 Å². The molecule has 4 heteroatoms. The van der Waals surface area contributed by atoms with Crippen molar-refractivity contribution in [2.75, 3.05) is 13.1 Å². The van der Waals surface area contributed by atoms with Crippen LogP contribution in [-0.4, -0.2) is 18.6 Å². The molecule has 2 nitrogen and oxygen atoms in total. The molecular formula is C6H14Cl2N2. The van der Waals surface area contributed by atoms with Crippen LogP contribution in [0.4, 0.5) is 0 Å². The van der Waals surface area contributed by atoms with Crippen molar-refractivity contribution in [3.63, 3.8) is 0 Å². The van der Waals surface area contributed by atoms with E-state index in [-0.39, 0.29) is 24.8 Å². The maximum atomic E-state index is 4.17. The maximum Gasteiger partial charge on any atom is 0.148 e. The first-order valence-corrected chi connectivity index (χ1v) is 3.48. The average molecular weight is 185 g/mol. The first-order chi connectivity index (χ1) is 3.81. The topological polar surface area (TPSA) is 44.2 Å². The predicted molar refractivity (Wildman–Crippen MR) is 30.0 cm³/mol. The van der Waals surface area contributed by atoms with Crippen molar-refractivity contribution in [1.29, 1.82) is 0 Å². The second-order valence-electron chi connectivity index (χ2n) is 3.33. The fourth-order valence-corrected chi connectivity index (χ4v) is 1.80. The summed E-state index contributed by atoms with van der Waals surface area (Å²) < 4.78 is 0. The van der Waals surface area contributed by atoms with Gasteiger partial charge in [0.05, 0.1) is 6.54 Å². The predicted octanol–water partition coefficient (Wildman–Crippen LogP) is -8.04. The zero-order chi connectivity index (χ0) is 5.61. The van der Waals surface area contributed by atoms with Crippen LogP contribution in [0.2, 0.25) is 0 Å². The van der Waals surface area contributed by atoms with Gasteiger partial charge in [0.15, 0.2) is 0 Å². The van der Waals surface area contributed by atoms with E-state index in [9.17, 15) is 0 Å². The van der Waals surface area contributed by atoms with Gasteiger partial charge in [-0.25, -0.2) is 0 Å². The van der Waals surface area contributed by atoms with Gasteiger partial charge in [0.2, 0.25) is 0 Å². The number of piperidine rings is 1. The smallest absolute Gasteiger partial charge is 0.148 e. The van der Waals surface area contributed by atoms with Gasteiger partial charge >= 0.3 is 0 Å². The highest BCUT2D eigenvalue weighted by Crippen LogP contribution is 2.41. The lowest BCUT2D eigenvalue weighted by atomic mass is 10.1. The number of rotatable bonds is 0. The van der Waals surface area contributed by atoms with Gasteiger partial charge in [0.1, 0.15) is 12.1 Å². The molecule has 2 fully saturated rings. The molecule has 0 aromatic carbocycles. The van der Waals surface area contributed by atoms with Crippen LogP contribution < -0.4 is 35.9 Å². The van der Waals surface area contributed by atoms with E-state index in [1.54, 1.807) is 0 Å². The molecular weight excluding hydrogens is 171 g/mol. The molecule has 0 unspecified atom stereocenters. The molecule has 2 aliphatic rings. The lowest BCUT2D eigenvalue weighted by molar-refractivity contribution is -0.696. The fourth-order valence-electron chi connectivity index (χ4n) is 1.80. The molecule has 0 spiro atoms.